The van der Waals surface area contributed by atoms with Gasteiger partial charge in [-0.15, -0.1) is 0 Å². The molecule has 0 unspecified atom stereocenters. The molecule has 0 aromatic carbocycles. The molecule has 1 atom stereocenters. The fourth-order valence-electron chi connectivity index (χ4n) is 1.68. The van der Waals surface area contributed by atoms with Gasteiger partial charge in [-0.3, -0.25) is 4.79 Å². The number of nitrogens with one attached hydrogen (secondary N) is 1. The Bertz CT molecular complexity index is 285. The van der Waals surface area contributed by atoms with Crippen molar-refractivity contribution in [3.05, 3.63) is 0 Å². The molecule has 0 radical (unpaired) electrons. The van der Waals surface area contributed by atoms with Gasteiger partial charge in [0.25, 0.3) is 0 Å². The average molecular weight is 272 g/mol. The predicted molar refractivity (Wildman–Crippen MR) is 76.0 cm³/mol. The number of ketones is 1. The molecule has 0 aliphatic carbocycles. The number of hydrogen-bond donors (Lipinski definition) is 2. The van der Waals surface area contributed by atoms with Gasteiger partial charge < -0.3 is 15.8 Å². The van der Waals surface area contributed by atoms with E-state index in [1.165, 1.54) is 0 Å². The molecule has 0 heterocycles. The summed E-state index contributed by atoms with van der Waals surface area (Å²) in [5, 5.41) is 2.67. The van der Waals surface area contributed by atoms with Crippen LogP contribution in [0.4, 0.5) is 4.79 Å². The van der Waals surface area contributed by atoms with Crippen LogP contribution in [0.5, 0.6) is 0 Å². The molecule has 0 aliphatic rings. The molecule has 3 N–H and O–H groups in total. The van der Waals surface area contributed by atoms with E-state index in [1.807, 2.05) is 6.92 Å². The average Bonchev–Trinajstić information content (AvgIpc) is 2.25. The Hall–Kier alpha value is -1.10. The van der Waals surface area contributed by atoms with Crippen LogP contribution < -0.4 is 11.1 Å². The number of unbranched alkanes of at least 4 members (excludes halogenated alkanes) is 1. The van der Waals surface area contributed by atoms with E-state index in [4.69, 9.17) is 10.5 Å². The lowest BCUT2D eigenvalue weighted by Gasteiger charge is -2.23. The summed E-state index contributed by atoms with van der Waals surface area (Å²) < 4.78 is 5.18. The highest BCUT2D eigenvalue weighted by molar-refractivity contribution is 5.87. The van der Waals surface area contributed by atoms with Crippen LogP contribution in [0.1, 0.15) is 59.8 Å². The highest BCUT2D eigenvalue weighted by Crippen LogP contribution is 2.09. The lowest BCUT2D eigenvalue weighted by atomic mass is 10.0. The summed E-state index contributed by atoms with van der Waals surface area (Å²) >= 11 is 0. The van der Waals surface area contributed by atoms with Crippen LogP contribution in [0.25, 0.3) is 0 Å². The molecule has 5 heteroatoms. The Labute approximate surface area is 116 Å². The van der Waals surface area contributed by atoms with Crippen molar-refractivity contribution in [1.29, 1.82) is 0 Å². The molecule has 0 aromatic rings. The maximum Gasteiger partial charge on any atom is 0.408 e. The van der Waals surface area contributed by atoms with Crippen LogP contribution >= 0.6 is 0 Å². The van der Waals surface area contributed by atoms with Gasteiger partial charge in [-0.2, -0.15) is 0 Å². The maximum absolute atomic E-state index is 11.9. The Kier molecular flexibility index (Phi) is 8.39. The molecular weight excluding hydrogens is 244 g/mol. The van der Waals surface area contributed by atoms with Crippen molar-refractivity contribution in [3.63, 3.8) is 0 Å². The van der Waals surface area contributed by atoms with Crippen LogP contribution in [-0.4, -0.2) is 30.1 Å². The number of carbonyl (C=O) groups excluding carboxylic acids is 2. The summed E-state index contributed by atoms with van der Waals surface area (Å²) in [5.74, 6) is 0.0605. The number of ether oxygens (including phenoxy) is 1. The van der Waals surface area contributed by atoms with Crippen molar-refractivity contribution < 1.29 is 14.3 Å². The zero-order valence-corrected chi connectivity index (χ0v) is 12.6. The van der Waals surface area contributed by atoms with Crippen LogP contribution in [0.3, 0.4) is 0 Å². The summed E-state index contributed by atoms with van der Waals surface area (Å²) in [6, 6.07) is -0.457. The topological polar surface area (TPSA) is 81.4 Å². The van der Waals surface area contributed by atoms with E-state index >= 15 is 0 Å². The molecule has 5 nitrogen and oxygen atoms in total. The summed E-state index contributed by atoms with van der Waals surface area (Å²) in [5.41, 5.74) is 4.88. The van der Waals surface area contributed by atoms with E-state index in [1.54, 1.807) is 20.8 Å². The minimum Gasteiger partial charge on any atom is -0.444 e. The maximum atomic E-state index is 11.9. The van der Waals surface area contributed by atoms with E-state index in [0.29, 0.717) is 19.4 Å². The molecule has 0 aromatic heterocycles. The van der Waals surface area contributed by atoms with Gasteiger partial charge in [0.2, 0.25) is 0 Å². The van der Waals surface area contributed by atoms with E-state index in [2.05, 4.69) is 5.32 Å². The van der Waals surface area contributed by atoms with Crippen LogP contribution in [-0.2, 0) is 9.53 Å². The van der Waals surface area contributed by atoms with Gasteiger partial charge in [0, 0.05) is 6.42 Å². The van der Waals surface area contributed by atoms with Gasteiger partial charge in [-0.05, 0) is 53.0 Å². The number of carbonyl (C=O) groups is 2. The summed E-state index contributed by atoms with van der Waals surface area (Å²) in [7, 11) is 0. The van der Waals surface area contributed by atoms with E-state index in [9.17, 15) is 9.59 Å². The largest absolute Gasteiger partial charge is 0.444 e. The van der Waals surface area contributed by atoms with Crippen LogP contribution in [0.2, 0.25) is 0 Å². The molecule has 112 valence electrons. The van der Waals surface area contributed by atoms with Gasteiger partial charge in [0.05, 0.1) is 6.04 Å². The third-order valence-electron chi connectivity index (χ3n) is 2.52. The summed E-state index contributed by atoms with van der Waals surface area (Å²) in [6.45, 7) is 7.93. The van der Waals surface area contributed by atoms with Crippen LogP contribution in [0, 0.1) is 0 Å². The fourth-order valence-corrected chi connectivity index (χ4v) is 1.68. The van der Waals surface area contributed by atoms with Gasteiger partial charge >= 0.3 is 6.09 Å². The first-order valence-electron chi connectivity index (χ1n) is 7.02. The first-order valence-corrected chi connectivity index (χ1v) is 7.02. The smallest absolute Gasteiger partial charge is 0.408 e. The number of rotatable bonds is 8. The second-order valence-electron chi connectivity index (χ2n) is 5.70. The van der Waals surface area contributed by atoms with Crippen molar-refractivity contribution in [2.75, 3.05) is 6.54 Å². The number of hydrogen-bond acceptors (Lipinski definition) is 4. The number of amides is 1. The van der Waals surface area contributed by atoms with Gasteiger partial charge in [0.1, 0.15) is 5.60 Å². The molecule has 0 fully saturated rings. The number of Topliss-reactive ketones (excluding diaryl/α,β-unsaturated/α-hetero) is 1. The fraction of sp³-hybridized carbons (Fsp3) is 0.857. The molecule has 1 amide bonds. The lowest BCUT2D eigenvalue weighted by molar-refractivity contribution is -0.121. The Morgan fingerprint density at radius 2 is 1.89 bits per heavy atom. The second kappa shape index (κ2) is 8.91. The van der Waals surface area contributed by atoms with Gasteiger partial charge in [0.15, 0.2) is 5.78 Å². The number of alkyl carbamates (subject to hydrolysis) is 1. The standard InChI is InChI=1S/C14H28N2O3/c1-5-8-12(17)11(9-6-7-10-15)16-13(18)19-14(2,3)4/h11H,5-10,15H2,1-4H3,(H,16,18)/t11-/m0/s1. The highest BCUT2D eigenvalue weighted by Gasteiger charge is 2.23. The first kappa shape index (κ1) is 17.9. The lowest BCUT2D eigenvalue weighted by Crippen LogP contribution is -2.43. The first-order chi connectivity index (χ1) is 8.80. The van der Waals surface area contributed by atoms with Gasteiger partial charge in [-0.1, -0.05) is 6.92 Å². The van der Waals surface area contributed by atoms with E-state index in [0.717, 1.165) is 19.3 Å². The normalized spacial score (nSPS) is 12.9. The SMILES string of the molecule is CCCC(=O)[C@H](CCCCN)NC(=O)OC(C)(C)C. The van der Waals surface area contributed by atoms with Crippen molar-refractivity contribution >= 4 is 11.9 Å². The predicted octanol–water partition coefficient (Wildman–Crippen LogP) is 2.38. The Morgan fingerprint density at radius 1 is 1.26 bits per heavy atom. The molecule has 0 aliphatic heterocycles. The molecule has 19 heavy (non-hydrogen) atoms. The highest BCUT2D eigenvalue weighted by atomic mass is 16.6. The summed E-state index contributed by atoms with van der Waals surface area (Å²) in [6.07, 6.45) is 3.02. The molecule has 0 bridgehead atoms. The second-order valence-corrected chi connectivity index (χ2v) is 5.70. The molecule has 0 rings (SSSR count). The summed E-state index contributed by atoms with van der Waals surface area (Å²) in [4.78, 5) is 23.6. The third-order valence-corrected chi connectivity index (χ3v) is 2.52. The monoisotopic (exact) mass is 272 g/mol. The zero-order valence-electron chi connectivity index (χ0n) is 12.6. The number of nitrogens with two attached hydrogens (primary N) is 1. The minimum atomic E-state index is -0.556. The van der Waals surface area contributed by atoms with Crippen molar-refractivity contribution in [3.8, 4) is 0 Å². The Balaban J connectivity index is 4.39. The zero-order chi connectivity index (χ0) is 14.9. The van der Waals surface area contributed by atoms with Gasteiger partial charge in [-0.25, -0.2) is 4.79 Å². The van der Waals surface area contributed by atoms with E-state index in [-0.39, 0.29) is 5.78 Å². The molecule has 0 saturated heterocycles. The van der Waals surface area contributed by atoms with Crippen molar-refractivity contribution in [2.24, 2.45) is 5.73 Å². The van der Waals surface area contributed by atoms with Crippen LogP contribution in [0.15, 0.2) is 0 Å². The van der Waals surface area contributed by atoms with E-state index < -0.39 is 17.7 Å². The minimum absolute atomic E-state index is 0.0605. The molecule has 0 spiro atoms. The third kappa shape index (κ3) is 9.47. The van der Waals surface area contributed by atoms with Crippen molar-refractivity contribution in [2.45, 2.75) is 71.4 Å². The molecule has 0 saturated carbocycles. The quantitative estimate of drug-likeness (QED) is 0.665. The van der Waals surface area contributed by atoms with Crippen molar-refractivity contribution in [1.82, 2.24) is 5.32 Å². The Morgan fingerprint density at radius 3 is 2.37 bits per heavy atom. The molecular formula is C14H28N2O3.